The van der Waals surface area contributed by atoms with Crippen molar-refractivity contribution in [2.45, 2.75) is 70.8 Å². The van der Waals surface area contributed by atoms with Crippen LogP contribution in [0.2, 0.25) is 0 Å². The lowest BCUT2D eigenvalue weighted by Crippen LogP contribution is -2.52. The van der Waals surface area contributed by atoms with Crippen LogP contribution >= 0.6 is 15.9 Å². The number of ether oxygens (including phenoxy) is 2. The molecule has 0 aromatic heterocycles. The molecule has 0 aliphatic carbocycles. The fourth-order valence-electron chi connectivity index (χ4n) is 3.82. The van der Waals surface area contributed by atoms with Crippen LogP contribution < -0.4 is 14.2 Å². The zero-order chi connectivity index (χ0) is 24.6. The van der Waals surface area contributed by atoms with Crippen LogP contribution in [-0.2, 0) is 26.0 Å². The molecule has 1 heterocycles. The van der Waals surface area contributed by atoms with Gasteiger partial charge in [-0.2, -0.15) is 0 Å². The number of nitrogens with one attached hydrogen (secondary N) is 1. The maximum absolute atomic E-state index is 13.1. The van der Waals surface area contributed by atoms with Crippen LogP contribution in [0.15, 0.2) is 33.6 Å². The molecule has 7 nitrogen and oxygen atoms in total. The number of fused-ring (bicyclic) bond motifs is 1. The van der Waals surface area contributed by atoms with Gasteiger partial charge in [0.1, 0.15) is 11.5 Å². The van der Waals surface area contributed by atoms with Gasteiger partial charge in [0.2, 0.25) is 0 Å². The predicted molar refractivity (Wildman–Crippen MR) is 128 cm³/mol. The fourth-order valence-corrected chi connectivity index (χ4v) is 5.16. The molecule has 1 aliphatic rings. The van der Waals surface area contributed by atoms with Crippen LogP contribution in [0.5, 0.6) is 11.5 Å². The zero-order valence-electron chi connectivity index (χ0n) is 19.4. The summed E-state index contributed by atoms with van der Waals surface area (Å²) < 4.78 is 40.1. The number of benzene rings is 2. The molecule has 1 amide bonds. The average Bonchev–Trinajstić information content (AvgIpc) is 2.75. The number of rotatable bonds is 6. The summed E-state index contributed by atoms with van der Waals surface area (Å²) in [6, 6.07) is 6.01. The van der Waals surface area contributed by atoms with Crippen molar-refractivity contribution in [3.05, 3.63) is 51.0 Å². The number of amides is 1. The third-order valence-electron chi connectivity index (χ3n) is 5.99. The van der Waals surface area contributed by atoms with E-state index in [4.69, 9.17) is 9.47 Å². The number of sulfonamides is 1. The summed E-state index contributed by atoms with van der Waals surface area (Å²) in [6.07, 6.45) is 1.77. The maximum Gasteiger partial charge on any atom is 0.311 e. The third kappa shape index (κ3) is 5.09. The molecular weight excluding hydrogens is 510 g/mol. The van der Waals surface area contributed by atoms with Crippen LogP contribution in [-0.4, -0.2) is 25.9 Å². The van der Waals surface area contributed by atoms with E-state index >= 15 is 0 Å². The molecule has 0 radical (unpaired) electrons. The van der Waals surface area contributed by atoms with Crippen molar-refractivity contribution < 1.29 is 27.5 Å². The second-order valence-corrected chi connectivity index (χ2v) is 11.1. The predicted octanol–water partition coefficient (Wildman–Crippen LogP) is 4.67. The highest BCUT2D eigenvalue weighted by Gasteiger charge is 2.42. The number of hydrogen-bond acceptors (Lipinski definition) is 6. The average molecular weight is 538 g/mol. The molecule has 0 fully saturated rings. The number of carbonyl (C=O) groups is 2. The van der Waals surface area contributed by atoms with Crippen molar-refractivity contribution in [3.8, 4) is 11.5 Å². The van der Waals surface area contributed by atoms with Crippen molar-refractivity contribution in [3.63, 3.8) is 0 Å². The summed E-state index contributed by atoms with van der Waals surface area (Å²) in [4.78, 5) is 25.1. The van der Waals surface area contributed by atoms with Crippen molar-refractivity contribution in [1.82, 2.24) is 4.72 Å². The van der Waals surface area contributed by atoms with Crippen molar-refractivity contribution >= 4 is 37.8 Å². The molecule has 178 valence electrons. The second-order valence-electron chi connectivity index (χ2n) is 8.46. The van der Waals surface area contributed by atoms with Crippen LogP contribution in [0.4, 0.5) is 0 Å². The minimum Gasteiger partial charge on any atom is -0.477 e. The molecule has 1 atom stereocenters. The molecule has 3 rings (SSSR count). The van der Waals surface area contributed by atoms with Gasteiger partial charge in [-0.25, -0.2) is 13.1 Å². The monoisotopic (exact) mass is 537 g/mol. The van der Waals surface area contributed by atoms with Gasteiger partial charge in [0.25, 0.3) is 15.9 Å². The van der Waals surface area contributed by atoms with Gasteiger partial charge in [-0.05, 0) is 81.5 Å². The Morgan fingerprint density at radius 3 is 2.36 bits per heavy atom. The molecular formula is C24H28BrNO6S. The molecule has 33 heavy (non-hydrogen) atoms. The molecule has 1 aliphatic heterocycles. The fraction of sp³-hybridized carbons (Fsp3) is 0.417. The van der Waals surface area contributed by atoms with E-state index in [-0.39, 0.29) is 17.3 Å². The molecule has 2 aromatic rings. The molecule has 0 spiro atoms. The topological polar surface area (TPSA) is 98.8 Å². The molecule has 0 bridgehead atoms. The molecule has 2 aromatic carbocycles. The summed E-state index contributed by atoms with van der Waals surface area (Å²) >= 11 is 3.26. The Hall–Kier alpha value is -2.39. The van der Waals surface area contributed by atoms with Gasteiger partial charge in [0.15, 0.2) is 5.60 Å². The zero-order valence-corrected chi connectivity index (χ0v) is 21.8. The molecule has 9 heteroatoms. The lowest BCUT2D eigenvalue weighted by molar-refractivity contribution is -0.135. The van der Waals surface area contributed by atoms with Gasteiger partial charge in [-0.3, -0.25) is 9.59 Å². The molecule has 1 N–H and O–H groups in total. The summed E-state index contributed by atoms with van der Waals surface area (Å²) in [7, 11) is -4.05. The first-order chi connectivity index (χ1) is 15.4. The normalized spacial score (nSPS) is 17.6. The first-order valence-electron chi connectivity index (χ1n) is 10.7. The minimum atomic E-state index is -4.05. The van der Waals surface area contributed by atoms with E-state index < -0.39 is 21.5 Å². The van der Waals surface area contributed by atoms with Crippen molar-refractivity contribution in [2.75, 3.05) is 0 Å². The lowest BCUT2D eigenvalue weighted by atomic mass is 9.87. The van der Waals surface area contributed by atoms with Gasteiger partial charge < -0.3 is 9.47 Å². The Labute approximate surface area is 203 Å². The van der Waals surface area contributed by atoms with Crippen molar-refractivity contribution in [1.29, 1.82) is 0 Å². The highest BCUT2D eigenvalue weighted by molar-refractivity contribution is 9.10. The Morgan fingerprint density at radius 1 is 1.12 bits per heavy atom. The van der Waals surface area contributed by atoms with E-state index in [0.29, 0.717) is 30.8 Å². The van der Waals surface area contributed by atoms with Crippen molar-refractivity contribution in [2.24, 2.45) is 0 Å². The van der Waals surface area contributed by atoms with Crippen LogP contribution in [0.25, 0.3) is 0 Å². The minimum absolute atomic E-state index is 0.0136. The maximum atomic E-state index is 13.1. The summed E-state index contributed by atoms with van der Waals surface area (Å²) in [6.45, 7) is 9.04. The van der Waals surface area contributed by atoms with E-state index in [9.17, 15) is 18.0 Å². The lowest BCUT2D eigenvalue weighted by Gasteiger charge is -2.36. The van der Waals surface area contributed by atoms with Crippen LogP contribution in [0.3, 0.4) is 0 Å². The number of carbonyl (C=O) groups excluding carboxylic acids is 2. The number of esters is 1. The van der Waals surface area contributed by atoms with E-state index in [1.54, 1.807) is 19.1 Å². The van der Waals surface area contributed by atoms with Gasteiger partial charge >= 0.3 is 5.97 Å². The summed E-state index contributed by atoms with van der Waals surface area (Å²) in [5.41, 5.74) is 1.78. The molecule has 1 unspecified atom stereocenters. The van der Waals surface area contributed by atoms with Gasteiger partial charge in [0, 0.05) is 22.9 Å². The number of hydrogen-bond donors (Lipinski definition) is 1. The summed E-state index contributed by atoms with van der Waals surface area (Å²) in [5.74, 6) is 0.0377. The highest BCUT2D eigenvalue weighted by atomic mass is 79.9. The first-order valence-corrected chi connectivity index (χ1v) is 13.0. The SMILES string of the molecule is CCCC(=O)Oc1c(C)c(C)c2c(c1C)CCC(C)(C(=O)NS(=O)(=O)c1ccc(Br)cc1)O2. The second kappa shape index (κ2) is 9.46. The van der Waals surface area contributed by atoms with Crippen LogP contribution in [0.1, 0.15) is 55.4 Å². The van der Waals surface area contributed by atoms with E-state index in [0.717, 1.165) is 26.7 Å². The van der Waals surface area contributed by atoms with Crippen LogP contribution in [0, 0.1) is 20.8 Å². The highest BCUT2D eigenvalue weighted by Crippen LogP contribution is 2.44. The number of halogens is 1. The first kappa shape index (κ1) is 25.2. The Kier molecular flexibility index (Phi) is 7.24. The van der Waals surface area contributed by atoms with E-state index in [1.807, 2.05) is 27.7 Å². The smallest absolute Gasteiger partial charge is 0.311 e. The standard InChI is InChI=1S/C24H28BrNO6S/c1-6-7-20(27)31-21-14(2)15(3)22-19(16(21)4)12-13-24(5,32-22)23(28)26-33(29,30)18-10-8-17(25)9-11-18/h8-11H,6-7,12-13H2,1-5H3,(H,26,28). The van der Waals surface area contributed by atoms with Gasteiger partial charge in [-0.1, -0.05) is 22.9 Å². The molecule has 0 saturated carbocycles. The van der Waals surface area contributed by atoms with E-state index in [1.165, 1.54) is 12.1 Å². The largest absolute Gasteiger partial charge is 0.477 e. The Balaban J connectivity index is 1.89. The summed E-state index contributed by atoms with van der Waals surface area (Å²) in [5, 5.41) is 0. The third-order valence-corrected chi connectivity index (χ3v) is 7.87. The quantitative estimate of drug-likeness (QED) is 0.424. The Bertz CT molecular complexity index is 1210. The van der Waals surface area contributed by atoms with E-state index in [2.05, 4.69) is 20.7 Å². The Morgan fingerprint density at radius 2 is 1.76 bits per heavy atom. The van der Waals surface area contributed by atoms with Gasteiger partial charge in [0.05, 0.1) is 4.90 Å². The van der Waals surface area contributed by atoms with Gasteiger partial charge in [-0.15, -0.1) is 0 Å². The molecule has 0 saturated heterocycles.